The van der Waals surface area contributed by atoms with Crippen LogP contribution in [-0.4, -0.2) is 27.8 Å². The Balaban J connectivity index is 1.48. The van der Waals surface area contributed by atoms with Crippen LogP contribution in [0.2, 0.25) is 0 Å². The first-order chi connectivity index (χ1) is 14.1. The van der Waals surface area contributed by atoms with Crippen molar-refractivity contribution in [3.63, 3.8) is 0 Å². The molecule has 2 N–H and O–H groups in total. The molecule has 0 saturated carbocycles. The van der Waals surface area contributed by atoms with E-state index in [1.54, 1.807) is 13.2 Å². The van der Waals surface area contributed by atoms with E-state index in [1.165, 1.54) is 0 Å². The zero-order chi connectivity index (χ0) is 20.2. The first-order valence-corrected chi connectivity index (χ1v) is 9.38. The largest absolute Gasteiger partial charge is 0.497 e. The van der Waals surface area contributed by atoms with E-state index in [0.29, 0.717) is 11.4 Å². The highest BCUT2D eigenvalue weighted by molar-refractivity contribution is 5.93. The third-order valence-electron chi connectivity index (χ3n) is 4.81. The van der Waals surface area contributed by atoms with Gasteiger partial charge in [-0.25, -0.2) is 0 Å². The molecule has 0 saturated heterocycles. The lowest BCUT2D eigenvalue weighted by Gasteiger charge is -2.15. The number of aromatic amines is 1. The van der Waals surface area contributed by atoms with Crippen molar-refractivity contribution >= 4 is 5.91 Å². The molecule has 6 nitrogen and oxygen atoms in total. The molecule has 4 rings (SSSR count). The van der Waals surface area contributed by atoms with Crippen LogP contribution >= 0.6 is 0 Å². The summed E-state index contributed by atoms with van der Waals surface area (Å²) in [7, 11) is 1.62. The highest BCUT2D eigenvalue weighted by Crippen LogP contribution is 2.23. The van der Waals surface area contributed by atoms with Crippen molar-refractivity contribution in [1.29, 1.82) is 0 Å². The standard InChI is InChI=1S/C23H22N4O2/c1-16(17-7-5-9-19(13-17)27-11-3-4-12-27)24-23(28)22-15-21(25-26-22)18-8-6-10-20(14-18)29-2/h3-16H,1-2H3,(H,24,28)(H,25,26). The van der Waals surface area contributed by atoms with Gasteiger partial charge in [-0.15, -0.1) is 0 Å². The summed E-state index contributed by atoms with van der Waals surface area (Å²) < 4.78 is 7.28. The van der Waals surface area contributed by atoms with Gasteiger partial charge < -0.3 is 14.6 Å². The van der Waals surface area contributed by atoms with Gasteiger partial charge in [0, 0.05) is 23.6 Å². The fraction of sp³-hybridized carbons (Fsp3) is 0.130. The molecule has 0 bridgehead atoms. The number of H-pyrrole nitrogens is 1. The molecule has 2 aromatic carbocycles. The SMILES string of the molecule is COc1cccc(-c2cc(C(=O)NC(C)c3cccc(-n4cccc4)c3)[nH]n2)c1. The van der Waals surface area contributed by atoms with Crippen molar-refractivity contribution in [2.75, 3.05) is 7.11 Å². The van der Waals surface area contributed by atoms with Crippen LogP contribution in [0.4, 0.5) is 0 Å². The Bertz CT molecular complexity index is 1120. The number of nitrogens with zero attached hydrogens (tertiary/aromatic N) is 2. The number of methoxy groups -OCH3 is 1. The minimum Gasteiger partial charge on any atom is -0.497 e. The molecule has 146 valence electrons. The second-order valence-electron chi connectivity index (χ2n) is 6.78. The molecule has 0 spiro atoms. The first-order valence-electron chi connectivity index (χ1n) is 9.38. The van der Waals surface area contributed by atoms with Gasteiger partial charge in [0.2, 0.25) is 0 Å². The summed E-state index contributed by atoms with van der Waals surface area (Å²) in [6, 6.07) is 21.2. The van der Waals surface area contributed by atoms with E-state index in [9.17, 15) is 4.79 Å². The smallest absolute Gasteiger partial charge is 0.269 e. The Morgan fingerprint density at radius 2 is 1.86 bits per heavy atom. The molecule has 2 heterocycles. The molecule has 0 radical (unpaired) electrons. The number of amides is 1. The van der Waals surface area contributed by atoms with Gasteiger partial charge in [-0.2, -0.15) is 5.10 Å². The topological polar surface area (TPSA) is 71.9 Å². The molecule has 6 heteroatoms. The van der Waals surface area contributed by atoms with Crippen LogP contribution in [0.3, 0.4) is 0 Å². The molecule has 1 amide bonds. The van der Waals surface area contributed by atoms with E-state index in [2.05, 4.69) is 21.6 Å². The lowest BCUT2D eigenvalue weighted by molar-refractivity contribution is 0.0935. The molecular weight excluding hydrogens is 364 g/mol. The third-order valence-corrected chi connectivity index (χ3v) is 4.81. The fourth-order valence-corrected chi connectivity index (χ4v) is 3.19. The van der Waals surface area contributed by atoms with Gasteiger partial charge in [0.1, 0.15) is 11.4 Å². The van der Waals surface area contributed by atoms with Crippen molar-refractivity contribution in [3.8, 4) is 22.7 Å². The van der Waals surface area contributed by atoms with Crippen LogP contribution in [0, 0.1) is 0 Å². The number of hydrogen-bond acceptors (Lipinski definition) is 3. The van der Waals surface area contributed by atoms with Crippen LogP contribution in [0.1, 0.15) is 29.0 Å². The monoisotopic (exact) mass is 386 g/mol. The Labute approximate surface area is 169 Å². The van der Waals surface area contributed by atoms with Gasteiger partial charge in [0.05, 0.1) is 18.8 Å². The number of carbonyl (C=O) groups excluding carboxylic acids is 1. The second kappa shape index (κ2) is 8.06. The van der Waals surface area contributed by atoms with E-state index in [4.69, 9.17) is 4.74 Å². The summed E-state index contributed by atoms with van der Waals surface area (Å²) in [6.45, 7) is 1.96. The Morgan fingerprint density at radius 1 is 1.07 bits per heavy atom. The normalized spacial score (nSPS) is 11.8. The number of carbonyl (C=O) groups is 1. The fourth-order valence-electron chi connectivity index (χ4n) is 3.19. The van der Waals surface area contributed by atoms with Gasteiger partial charge in [-0.1, -0.05) is 24.3 Å². The van der Waals surface area contributed by atoms with Gasteiger partial charge in [0.25, 0.3) is 5.91 Å². The van der Waals surface area contributed by atoms with E-state index >= 15 is 0 Å². The second-order valence-corrected chi connectivity index (χ2v) is 6.78. The Hall–Kier alpha value is -3.80. The predicted molar refractivity (Wildman–Crippen MR) is 112 cm³/mol. The van der Waals surface area contributed by atoms with Gasteiger partial charge in [-0.3, -0.25) is 9.89 Å². The van der Waals surface area contributed by atoms with Gasteiger partial charge in [0.15, 0.2) is 0 Å². The maximum absolute atomic E-state index is 12.7. The predicted octanol–water partition coefficient (Wildman–Crippen LogP) is 4.37. The zero-order valence-corrected chi connectivity index (χ0v) is 16.3. The summed E-state index contributed by atoms with van der Waals surface area (Å²) >= 11 is 0. The van der Waals surface area contributed by atoms with Crippen LogP contribution in [-0.2, 0) is 0 Å². The highest BCUT2D eigenvalue weighted by Gasteiger charge is 2.15. The summed E-state index contributed by atoms with van der Waals surface area (Å²) in [6.07, 6.45) is 3.99. The quantitative estimate of drug-likeness (QED) is 0.517. The van der Waals surface area contributed by atoms with Crippen molar-refractivity contribution < 1.29 is 9.53 Å². The minimum atomic E-state index is -0.203. The summed E-state index contributed by atoms with van der Waals surface area (Å²) in [4.78, 5) is 12.7. The maximum atomic E-state index is 12.7. The van der Waals surface area contributed by atoms with E-state index in [-0.39, 0.29) is 11.9 Å². The van der Waals surface area contributed by atoms with Gasteiger partial charge in [-0.05, 0) is 55.0 Å². The van der Waals surface area contributed by atoms with Crippen LogP contribution < -0.4 is 10.1 Å². The summed E-state index contributed by atoms with van der Waals surface area (Å²) in [5.74, 6) is 0.540. The molecular formula is C23H22N4O2. The lowest BCUT2D eigenvalue weighted by atomic mass is 10.1. The molecule has 2 aromatic heterocycles. The number of nitrogens with one attached hydrogen (secondary N) is 2. The molecule has 0 aliphatic carbocycles. The summed E-state index contributed by atoms with van der Waals surface area (Å²) in [5.41, 5.74) is 4.06. The molecule has 0 aliphatic rings. The van der Waals surface area contributed by atoms with E-state index in [1.807, 2.05) is 78.5 Å². The average molecular weight is 386 g/mol. The van der Waals surface area contributed by atoms with Crippen molar-refractivity contribution in [2.45, 2.75) is 13.0 Å². The average Bonchev–Trinajstić information content (AvgIpc) is 3.46. The summed E-state index contributed by atoms with van der Waals surface area (Å²) in [5, 5.41) is 10.1. The molecule has 1 unspecified atom stereocenters. The van der Waals surface area contributed by atoms with E-state index in [0.717, 1.165) is 22.6 Å². The van der Waals surface area contributed by atoms with Crippen molar-refractivity contribution in [1.82, 2.24) is 20.1 Å². The molecule has 1 atom stereocenters. The van der Waals surface area contributed by atoms with Crippen LogP contribution in [0.25, 0.3) is 16.9 Å². The first kappa shape index (κ1) is 18.6. The van der Waals surface area contributed by atoms with Crippen LogP contribution in [0.15, 0.2) is 79.1 Å². The number of rotatable bonds is 6. The number of aromatic nitrogens is 3. The number of benzene rings is 2. The zero-order valence-electron chi connectivity index (χ0n) is 16.3. The Morgan fingerprint density at radius 3 is 2.66 bits per heavy atom. The molecule has 0 aliphatic heterocycles. The molecule has 29 heavy (non-hydrogen) atoms. The Kier molecular flexibility index (Phi) is 5.16. The highest BCUT2D eigenvalue weighted by atomic mass is 16.5. The number of hydrogen-bond donors (Lipinski definition) is 2. The minimum absolute atomic E-state index is 0.151. The molecule has 0 fully saturated rings. The van der Waals surface area contributed by atoms with Crippen molar-refractivity contribution in [3.05, 3.63) is 90.4 Å². The number of ether oxygens (including phenoxy) is 1. The maximum Gasteiger partial charge on any atom is 0.269 e. The van der Waals surface area contributed by atoms with Crippen LogP contribution in [0.5, 0.6) is 5.75 Å². The van der Waals surface area contributed by atoms with Crippen molar-refractivity contribution in [2.24, 2.45) is 0 Å². The lowest BCUT2D eigenvalue weighted by Crippen LogP contribution is -2.27. The third kappa shape index (κ3) is 4.06. The molecule has 4 aromatic rings. The van der Waals surface area contributed by atoms with Gasteiger partial charge >= 0.3 is 0 Å². The van der Waals surface area contributed by atoms with E-state index < -0.39 is 0 Å².